The molecule has 0 spiro atoms. The van der Waals surface area contributed by atoms with Crippen LogP contribution in [-0.4, -0.2) is 26.6 Å². The van der Waals surface area contributed by atoms with Gasteiger partial charge in [-0.3, -0.25) is 9.10 Å². The van der Waals surface area contributed by atoms with Crippen molar-refractivity contribution in [3.05, 3.63) is 94.5 Å². The molecule has 0 aliphatic heterocycles. The molecule has 6 nitrogen and oxygen atoms in total. The molecule has 0 heterocycles. The first-order valence-electron chi connectivity index (χ1n) is 11.5. The highest BCUT2D eigenvalue weighted by Gasteiger charge is 2.34. The zero-order valence-corrected chi connectivity index (χ0v) is 22.7. The Balaban J connectivity index is 1.93. The molecule has 0 aliphatic carbocycles. The molecule has 202 valence electrons. The lowest BCUT2D eigenvalue weighted by Crippen LogP contribution is -2.40. The van der Waals surface area contributed by atoms with Crippen LogP contribution in [0.15, 0.2) is 82.8 Å². The van der Waals surface area contributed by atoms with E-state index in [0.29, 0.717) is 16.1 Å². The number of alkyl halides is 3. The second-order valence-corrected chi connectivity index (χ2v) is 11.8. The summed E-state index contributed by atoms with van der Waals surface area (Å²) in [7, 11) is -4.47. The standard InChI is InChI=1S/C27H27ClF3N3O3S/c1-18(19-10-12-20(13-11-19)26(2,3)4)32-33-25(35)17-34(38(36,37)22-8-6-5-7-9-22)24-16-21(27(29,30)31)14-15-23(24)28/h5-16H,17H2,1-4H3,(H,33,35)/b32-18-. The van der Waals surface area contributed by atoms with E-state index in [-0.39, 0.29) is 15.3 Å². The molecule has 3 rings (SSSR count). The Bertz CT molecular complexity index is 1430. The molecular formula is C27H27ClF3N3O3S. The fourth-order valence-corrected chi connectivity index (χ4v) is 5.21. The van der Waals surface area contributed by atoms with Crippen molar-refractivity contribution < 1.29 is 26.4 Å². The predicted octanol–water partition coefficient (Wildman–Crippen LogP) is 6.39. The number of rotatable bonds is 7. The average Bonchev–Trinajstić information content (AvgIpc) is 2.85. The average molecular weight is 566 g/mol. The highest BCUT2D eigenvalue weighted by molar-refractivity contribution is 7.92. The predicted molar refractivity (Wildman–Crippen MR) is 143 cm³/mol. The Labute approximate surface area is 225 Å². The van der Waals surface area contributed by atoms with Gasteiger partial charge in [0.1, 0.15) is 6.54 Å². The van der Waals surface area contributed by atoms with Crippen LogP contribution in [0.1, 0.15) is 44.4 Å². The van der Waals surface area contributed by atoms with E-state index in [1.54, 1.807) is 13.0 Å². The first-order valence-corrected chi connectivity index (χ1v) is 13.3. The molecule has 11 heteroatoms. The molecule has 0 unspecified atom stereocenters. The Morgan fingerprint density at radius 3 is 2.08 bits per heavy atom. The molecular weight excluding hydrogens is 539 g/mol. The molecule has 0 aromatic heterocycles. The van der Waals surface area contributed by atoms with Crippen molar-refractivity contribution in [3.8, 4) is 0 Å². The van der Waals surface area contributed by atoms with Gasteiger partial charge in [-0.15, -0.1) is 0 Å². The monoisotopic (exact) mass is 565 g/mol. The maximum absolute atomic E-state index is 13.4. The molecule has 1 amide bonds. The fourth-order valence-electron chi connectivity index (χ4n) is 3.49. The molecule has 0 saturated carbocycles. The molecule has 0 fully saturated rings. The van der Waals surface area contributed by atoms with Crippen molar-refractivity contribution in [2.75, 3.05) is 10.8 Å². The highest BCUT2D eigenvalue weighted by Crippen LogP contribution is 2.37. The number of carbonyl (C=O) groups is 1. The van der Waals surface area contributed by atoms with Gasteiger partial charge in [0.2, 0.25) is 0 Å². The van der Waals surface area contributed by atoms with Crippen LogP contribution in [0.2, 0.25) is 5.02 Å². The number of carbonyl (C=O) groups excluding carboxylic acids is 1. The van der Waals surface area contributed by atoms with E-state index in [1.807, 2.05) is 24.3 Å². The Kier molecular flexibility index (Phi) is 8.58. The van der Waals surface area contributed by atoms with Crippen molar-refractivity contribution in [3.63, 3.8) is 0 Å². The number of hydrogen-bond acceptors (Lipinski definition) is 4. The zero-order valence-electron chi connectivity index (χ0n) is 21.2. The minimum absolute atomic E-state index is 0.0454. The number of anilines is 1. The minimum atomic E-state index is -4.76. The smallest absolute Gasteiger partial charge is 0.271 e. The lowest BCUT2D eigenvalue weighted by molar-refractivity contribution is -0.137. The summed E-state index contributed by atoms with van der Waals surface area (Å²) in [5.74, 6) is -0.872. The summed E-state index contributed by atoms with van der Waals surface area (Å²) < 4.78 is 67.6. The van der Waals surface area contributed by atoms with Crippen molar-refractivity contribution in [1.82, 2.24) is 5.43 Å². The second-order valence-electron chi connectivity index (χ2n) is 9.55. The molecule has 3 aromatic carbocycles. The zero-order chi connectivity index (χ0) is 28.3. The van der Waals surface area contributed by atoms with Gasteiger partial charge in [0, 0.05) is 0 Å². The third kappa shape index (κ3) is 6.93. The van der Waals surface area contributed by atoms with Crippen molar-refractivity contribution in [1.29, 1.82) is 0 Å². The van der Waals surface area contributed by atoms with Gasteiger partial charge in [0.05, 0.1) is 26.9 Å². The first-order chi connectivity index (χ1) is 17.6. The van der Waals surface area contributed by atoms with Crippen LogP contribution in [0.4, 0.5) is 18.9 Å². The number of benzene rings is 3. The summed E-state index contributed by atoms with van der Waals surface area (Å²) in [6.45, 7) is 7.03. The molecule has 0 bridgehead atoms. The third-order valence-electron chi connectivity index (χ3n) is 5.68. The Morgan fingerprint density at radius 2 is 1.53 bits per heavy atom. The van der Waals surface area contributed by atoms with Crippen LogP contribution in [-0.2, 0) is 26.4 Å². The Morgan fingerprint density at radius 1 is 0.947 bits per heavy atom. The van der Waals surface area contributed by atoms with Gasteiger partial charge in [-0.25, -0.2) is 13.8 Å². The van der Waals surface area contributed by atoms with Gasteiger partial charge in [-0.05, 0) is 53.8 Å². The third-order valence-corrected chi connectivity index (χ3v) is 7.77. The van der Waals surface area contributed by atoms with Crippen molar-refractivity contribution in [2.45, 2.75) is 44.2 Å². The summed E-state index contributed by atoms with van der Waals surface area (Å²) >= 11 is 6.14. The fraction of sp³-hybridized carbons (Fsp3) is 0.259. The SMILES string of the molecule is C/C(=N/NC(=O)CN(c1cc(C(F)(F)F)ccc1Cl)S(=O)(=O)c1ccccc1)c1ccc(C(C)(C)C)cc1. The van der Waals surface area contributed by atoms with Crippen molar-refractivity contribution >= 4 is 38.9 Å². The number of nitrogens with one attached hydrogen (secondary N) is 1. The van der Waals surface area contributed by atoms with E-state index < -0.39 is 39.9 Å². The normalized spacial score (nSPS) is 12.8. The number of amides is 1. The van der Waals surface area contributed by atoms with Gasteiger partial charge in [-0.2, -0.15) is 18.3 Å². The number of sulfonamides is 1. The molecule has 0 aliphatic rings. The summed E-state index contributed by atoms with van der Waals surface area (Å²) in [6.07, 6.45) is -4.76. The summed E-state index contributed by atoms with van der Waals surface area (Å²) in [4.78, 5) is 12.6. The first kappa shape index (κ1) is 29.2. The van der Waals surface area contributed by atoms with Crippen LogP contribution in [0.25, 0.3) is 0 Å². The highest BCUT2D eigenvalue weighted by atomic mass is 35.5. The van der Waals surface area contributed by atoms with E-state index in [1.165, 1.54) is 24.3 Å². The minimum Gasteiger partial charge on any atom is -0.271 e. The summed E-state index contributed by atoms with van der Waals surface area (Å²) in [5, 5.41) is 3.78. The van der Waals surface area contributed by atoms with E-state index in [2.05, 4.69) is 31.3 Å². The molecule has 1 N–H and O–H groups in total. The van der Waals surface area contributed by atoms with Gasteiger partial charge >= 0.3 is 6.18 Å². The summed E-state index contributed by atoms with van der Waals surface area (Å²) in [5.41, 5.74) is 2.94. The Hall–Kier alpha value is -3.37. The summed E-state index contributed by atoms with van der Waals surface area (Å²) in [6, 6.07) is 16.9. The van der Waals surface area contributed by atoms with Gasteiger partial charge in [0.15, 0.2) is 0 Å². The van der Waals surface area contributed by atoms with E-state index in [4.69, 9.17) is 11.6 Å². The molecule has 0 atom stereocenters. The lowest BCUT2D eigenvalue weighted by Gasteiger charge is -2.25. The second kappa shape index (κ2) is 11.2. The van der Waals surface area contributed by atoms with Crippen LogP contribution in [0.5, 0.6) is 0 Å². The number of halogens is 4. The van der Waals surface area contributed by atoms with E-state index in [0.717, 1.165) is 23.3 Å². The number of nitrogens with zero attached hydrogens (tertiary/aromatic N) is 2. The van der Waals surface area contributed by atoms with Crippen LogP contribution in [0.3, 0.4) is 0 Å². The van der Waals surface area contributed by atoms with Crippen LogP contribution >= 0.6 is 11.6 Å². The van der Waals surface area contributed by atoms with Crippen molar-refractivity contribution in [2.24, 2.45) is 5.10 Å². The topological polar surface area (TPSA) is 78.8 Å². The molecule has 0 saturated heterocycles. The van der Waals surface area contributed by atoms with E-state index in [9.17, 15) is 26.4 Å². The van der Waals surface area contributed by atoms with E-state index >= 15 is 0 Å². The molecule has 38 heavy (non-hydrogen) atoms. The number of hydrazone groups is 1. The van der Waals surface area contributed by atoms with Gasteiger partial charge in [0.25, 0.3) is 15.9 Å². The maximum Gasteiger partial charge on any atom is 0.416 e. The number of hydrogen-bond donors (Lipinski definition) is 1. The largest absolute Gasteiger partial charge is 0.416 e. The quantitative estimate of drug-likeness (QED) is 0.266. The maximum atomic E-state index is 13.4. The lowest BCUT2D eigenvalue weighted by atomic mass is 9.86. The van der Waals surface area contributed by atoms with Gasteiger partial charge < -0.3 is 0 Å². The molecule has 3 aromatic rings. The van der Waals surface area contributed by atoms with Crippen LogP contribution < -0.4 is 9.73 Å². The van der Waals surface area contributed by atoms with Crippen LogP contribution in [0, 0.1) is 0 Å². The van der Waals surface area contributed by atoms with Gasteiger partial charge in [-0.1, -0.05) is 74.8 Å². The molecule has 0 radical (unpaired) electrons.